The van der Waals surface area contributed by atoms with Crippen LogP contribution in [0.4, 0.5) is 33.3 Å². The second-order valence-electron chi connectivity index (χ2n) is 9.51. The molecule has 0 radical (unpaired) electrons. The fraction of sp³-hybridized carbons (Fsp3) is 0.296. The molecular weight excluding hydrogens is 539 g/mol. The third kappa shape index (κ3) is 6.20. The van der Waals surface area contributed by atoms with Gasteiger partial charge in [-0.05, 0) is 55.8 Å². The summed E-state index contributed by atoms with van der Waals surface area (Å²) in [7, 11) is 0. The maximum absolute atomic E-state index is 13.5. The number of benzene rings is 2. The van der Waals surface area contributed by atoms with Gasteiger partial charge in [-0.3, -0.25) is 19.5 Å². The standard InChI is InChI=1S/C27H23F5N4O4/c1-14(36-12-21-10-20(36)13-39-21)25(37)35-23-9-19(3-5-24(23)40-27(30,31)32)34-26(38)15-2-4-22(33-11-15)16-6-17(28)8-18(29)7-16/h2-9,11,14,20-21H,10,12-13H2,1H3,(H,34,38)(H,35,37)/t14-,20+,21+/m1/s1. The molecule has 1 aromatic heterocycles. The Bertz CT molecular complexity index is 1410. The summed E-state index contributed by atoms with van der Waals surface area (Å²) in [4.78, 5) is 31.8. The second-order valence-corrected chi connectivity index (χ2v) is 9.51. The van der Waals surface area contributed by atoms with Gasteiger partial charge in [0.25, 0.3) is 5.91 Å². The smallest absolute Gasteiger partial charge is 0.404 e. The van der Waals surface area contributed by atoms with Gasteiger partial charge in [0.1, 0.15) is 11.6 Å². The molecule has 2 amide bonds. The Balaban J connectivity index is 1.32. The molecular formula is C27H23F5N4O4. The molecule has 210 valence electrons. The van der Waals surface area contributed by atoms with E-state index in [4.69, 9.17) is 4.74 Å². The zero-order valence-corrected chi connectivity index (χ0v) is 21.0. The zero-order valence-electron chi connectivity index (χ0n) is 21.0. The number of pyridine rings is 1. The molecule has 3 heterocycles. The summed E-state index contributed by atoms with van der Waals surface area (Å²) in [6.07, 6.45) is -3.01. The van der Waals surface area contributed by atoms with Crippen LogP contribution in [0.1, 0.15) is 23.7 Å². The molecule has 3 atom stereocenters. The Morgan fingerprint density at radius 1 is 1.07 bits per heavy atom. The number of carbonyl (C=O) groups is 2. The second kappa shape index (κ2) is 10.8. The molecule has 2 bridgehead atoms. The molecule has 0 saturated carbocycles. The number of fused-ring (bicyclic) bond motifs is 2. The number of nitrogens with one attached hydrogen (secondary N) is 2. The van der Waals surface area contributed by atoms with E-state index in [0.29, 0.717) is 13.2 Å². The molecule has 40 heavy (non-hydrogen) atoms. The topological polar surface area (TPSA) is 92.8 Å². The van der Waals surface area contributed by atoms with Crippen LogP contribution < -0.4 is 15.4 Å². The van der Waals surface area contributed by atoms with Gasteiger partial charge in [-0.25, -0.2) is 8.78 Å². The van der Waals surface area contributed by atoms with Crippen molar-refractivity contribution in [3.8, 4) is 17.0 Å². The minimum absolute atomic E-state index is 0.0292. The highest BCUT2D eigenvalue weighted by atomic mass is 19.4. The fourth-order valence-electron chi connectivity index (χ4n) is 4.81. The Morgan fingerprint density at radius 3 is 2.42 bits per heavy atom. The third-order valence-corrected chi connectivity index (χ3v) is 6.72. The van der Waals surface area contributed by atoms with E-state index in [0.717, 1.165) is 36.8 Å². The summed E-state index contributed by atoms with van der Waals surface area (Å²) in [6.45, 7) is 2.68. The van der Waals surface area contributed by atoms with Crippen LogP contribution in [0.2, 0.25) is 0 Å². The maximum atomic E-state index is 13.5. The predicted molar refractivity (Wildman–Crippen MR) is 134 cm³/mol. The van der Waals surface area contributed by atoms with Gasteiger partial charge in [0, 0.05) is 36.1 Å². The summed E-state index contributed by atoms with van der Waals surface area (Å²) >= 11 is 0. The summed E-state index contributed by atoms with van der Waals surface area (Å²) in [5, 5.41) is 5.02. The van der Waals surface area contributed by atoms with E-state index >= 15 is 0 Å². The minimum atomic E-state index is -5.01. The van der Waals surface area contributed by atoms with E-state index in [2.05, 4.69) is 20.4 Å². The molecule has 8 nitrogen and oxygen atoms in total. The largest absolute Gasteiger partial charge is 0.573 e. The number of morpholine rings is 1. The summed E-state index contributed by atoms with van der Waals surface area (Å²) < 4.78 is 75.7. The van der Waals surface area contributed by atoms with Gasteiger partial charge >= 0.3 is 6.36 Å². The van der Waals surface area contributed by atoms with Crippen molar-refractivity contribution in [2.75, 3.05) is 23.8 Å². The summed E-state index contributed by atoms with van der Waals surface area (Å²) in [5.74, 6) is -3.42. The van der Waals surface area contributed by atoms with Crippen molar-refractivity contribution < 1.29 is 41.0 Å². The lowest BCUT2D eigenvalue weighted by atomic mass is 10.1. The number of amides is 2. The highest BCUT2D eigenvalue weighted by Gasteiger charge is 2.43. The average molecular weight is 562 g/mol. The molecule has 2 aromatic carbocycles. The monoisotopic (exact) mass is 562 g/mol. The van der Waals surface area contributed by atoms with E-state index in [1.807, 2.05) is 4.90 Å². The van der Waals surface area contributed by atoms with Gasteiger partial charge in [0.05, 0.1) is 35.7 Å². The van der Waals surface area contributed by atoms with Crippen LogP contribution in [-0.2, 0) is 9.53 Å². The van der Waals surface area contributed by atoms with Crippen LogP contribution in [0.15, 0.2) is 54.7 Å². The Hall–Kier alpha value is -4.10. The molecule has 2 saturated heterocycles. The number of carbonyl (C=O) groups excluding carboxylic acids is 2. The number of hydrogen-bond donors (Lipinski definition) is 2. The first-order valence-corrected chi connectivity index (χ1v) is 12.3. The van der Waals surface area contributed by atoms with Crippen molar-refractivity contribution in [3.63, 3.8) is 0 Å². The van der Waals surface area contributed by atoms with Crippen LogP contribution in [0.5, 0.6) is 5.75 Å². The number of alkyl halides is 3. The Kier molecular flexibility index (Phi) is 7.43. The third-order valence-electron chi connectivity index (χ3n) is 6.72. The lowest BCUT2D eigenvalue weighted by Crippen LogP contribution is -2.48. The lowest BCUT2D eigenvalue weighted by molar-refractivity contribution is -0.274. The average Bonchev–Trinajstić information content (AvgIpc) is 3.52. The van der Waals surface area contributed by atoms with Gasteiger partial charge in [0.15, 0.2) is 5.75 Å². The Morgan fingerprint density at radius 2 is 1.82 bits per heavy atom. The molecule has 0 aliphatic carbocycles. The zero-order chi connectivity index (χ0) is 28.6. The number of halogens is 5. The molecule has 0 spiro atoms. The Labute approximate surface area is 225 Å². The maximum Gasteiger partial charge on any atom is 0.573 e. The quantitative estimate of drug-likeness (QED) is 0.395. The van der Waals surface area contributed by atoms with E-state index in [9.17, 15) is 31.5 Å². The number of hydrogen-bond acceptors (Lipinski definition) is 6. The van der Waals surface area contributed by atoms with Crippen molar-refractivity contribution in [1.29, 1.82) is 0 Å². The molecule has 2 fully saturated rings. The number of rotatable bonds is 7. The van der Waals surface area contributed by atoms with Gasteiger partial charge in [0.2, 0.25) is 5.91 Å². The molecule has 2 aliphatic heterocycles. The highest BCUT2D eigenvalue weighted by molar-refractivity contribution is 6.05. The normalized spacial score (nSPS) is 19.4. The summed E-state index contributed by atoms with van der Waals surface area (Å²) in [6, 6.07) is 8.41. The highest BCUT2D eigenvalue weighted by Crippen LogP contribution is 2.34. The molecule has 5 rings (SSSR count). The van der Waals surface area contributed by atoms with Crippen molar-refractivity contribution in [2.45, 2.75) is 37.9 Å². The van der Waals surface area contributed by atoms with E-state index in [-0.39, 0.29) is 40.3 Å². The lowest BCUT2D eigenvalue weighted by Gasteiger charge is -2.31. The first-order chi connectivity index (χ1) is 18.9. The van der Waals surface area contributed by atoms with Gasteiger partial charge in [-0.1, -0.05) is 0 Å². The van der Waals surface area contributed by atoms with Crippen LogP contribution in [0.25, 0.3) is 11.3 Å². The van der Waals surface area contributed by atoms with E-state index < -0.39 is 41.6 Å². The van der Waals surface area contributed by atoms with Crippen molar-refractivity contribution in [1.82, 2.24) is 9.88 Å². The molecule has 2 aliphatic rings. The SMILES string of the molecule is C[C@H](C(=O)Nc1cc(NC(=O)c2ccc(-c3cc(F)cc(F)c3)nc2)ccc1OC(F)(F)F)N1C[C@@H]2C[C@H]1CO2. The van der Waals surface area contributed by atoms with Crippen LogP contribution in [0, 0.1) is 11.6 Å². The van der Waals surface area contributed by atoms with E-state index in [1.54, 1.807) is 6.92 Å². The van der Waals surface area contributed by atoms with Crippen LogP contribution >= 0.6 is 0 Å². The van der Waals surface area contributed by atoms with Gasteiger partial charge < -0.3 is 20.1 Å². The number of likely N-dealkylation sites (tertiary alicyclic amines) is 1. The van der Waals surface area contributed by atoms with Gasteiger partial charge in [-0.15, -0.1) is 13.2 Å². The van der Waals surface area contributed by atoms with Crippen LogP contribution in [-0.4, -0.2) is 59.4 Å². The van der Waals surface area contributed by atoms with Crippen molar-refractivity contribution in [3.05, 3.63) is 71.9 Å². The van der Waals surface area contributed by atoms with Crippen molar-refractivity contribution >= 4 is 23.2 Å². The molecule has 13 heteroatoms. The first kappa shape index (κ1) is 27.5. The number of ether oxygens (including phenoxy) is 2. The summed E-state index contributed by atoms with van der Waals surface area (Å²) in [5.41, 5.74) is 0.262. The van der Waals surface area contributed by atoms with Gasteiger partial charge in [-0.2, -0.15) is 0 Å². The predicted octanol–water partition coefficient (Wildman–Crippen LogP) is 4.98. The van der Waals surface area contributed by atoms with E-state index in [1.165, 1.54) is 24.4 Å². The molecule has 2 N–H and O–H groups in total. The molecule has 3 aromatic rings. The minimum Gasteiger partial charge on any atom is -0.404 e. The first-order valence-electron chi connectivity index (χ1n) is 12.3. The number of aromatic nitrogens is 1. The van der Waals surface area contributed by atoms with Crippen molar-refractivity contribution in [2.24, 2.45) is 0 Å². The van der Waals surface area contributed by atoms with Crippen LogP contribution in [0.3, 0.4) is 0 Å². The molecule has 0 unspecified atom stereocenters. The fourth-order valence-corrected chi connectivity index (χ4v) is 4.81. The number of nitrogens with zero attached hydrogens (tertiary/aromatic N) is 2. The number of anilines is 2.